The Hall–Kier alpha value is -2.55. The minimum Gasteiger partial charge on any atom is -0.369 e. The predicted octanol–water partition coefficient (Wildman–Crippen LogP) is 1.15. The molecule has 0 saturated carbocycles. The molecular formula is C14H15FN4O3S. The molecule has 0 atom stereocenters. The standard InChI is InChI=1S/C14H15FN4O3S/c1-10-4-6-11(7-5-10)23(21,22)19-8-12(15)13(17-14(19)20)16-9-18(2)3/h4-9H,1-3H3. The van der Waals surface area contributed by atoms with Gasteiger partial charge in [-0.25, -0.2) is 22.6 Å². The van der Waals surface area contributed by atoms with Crippen molar-refractivity contribution in [1.82, 2.24) is 13.9 Å². The zero-order valence-electron chi connectivity index (χ0n) is 12.8. The summed E-state index contributed by atoms with van der Waals surface area (Å²) in [5.41, 5.74) is -0.271. The molecule has 2 rings (SSSR count). The first-order valence-electron chi connectivity index (χ1n) is 6.54. The summed E-state index contributed by atoms with van der Waals surface area (Å²) >= 11 is 0. The molecule has 0 amide bonds. The number of hydrogen-bond donors (Lipinski definition) is 0. The quantitative estimate of drug-likeness (QED) is 0.617. The molecule has 1 aromatic heterocycles. The van der Waals surface area contributed by atoms with E-state index < -0.39 is 27.3 Å². The number of nitrogens with zero attached hydrogens (tertiary/aromatic N) is 4. The summed E-state index contributed by atoms with van der Waals surface area (Å²) in [5, 5.41) is 0. The van der Waals surface area contributed by atoms with Crippen molar-refractivity contribution in [3.8, 4) is 0 Å². The highest BCUT2D eigenvalue weighted by Crippen LogP contribution is 2.16. The molecule has 23 heavy (non-hydrogen) atoms. The Labute approximate surface area is 132 Å². The molecule has 0 bridgehead atoms. The molecule has 1 aromatic carbocycles. The number of benzene rings is 1. The van der Waals surface area contributed by atoms with E-state index in [1.165, 1.54) is 23.4 Å². The fourth-order valence-electron chi connectivity index (χ4n) is 1.67. The van der Waals surface area contributed by atoms with E-state index in [0.717, 1.165) is 5.56 Å². The third kappa shape index (κ3) is 3.62. The molecule has 0 radical (unpaired) electrons. The normalized spacial score (nSPS) is 11.8. The van der Waals surface area contributed by atoms with Crippen LogP contribution in [0.15, 0.2) is 45.1 Å². The average Bonchev–Trinajstić information content (AvgIpc) is 2.48. The molecule has 0 fully saturated rings. The van der Waals surface area contributed by atoms with Gasteiger partial charge in [0.2, 0.25) is 0 Å². The van der Waals surface area contributed by atoms with Crippen LogP contribution in [0.3, 0.4) is 0 Å². The number of rotatable bonds is 4. The van der Waals surface area contributed by atoms with Crippen molar-refractivity contribution < 1.29 is 12.8 Å². The number of aliphatic imine (C=N–C) groups is 1. The average molecular weight is 338 g/mol. The van der Waals surface area contributed by atoms with Crippen molar-refractivity contribution in [1.29, 1.82) is 0 Å². The molecule has 0 spiro atoms. The van der Waals surface area contributed by atoms with Crippen molar-refractivity contribution in [2.24, 2.45) is 4.99 Å². The maximum Gasteiger partial charge on any atom is 0.363 e. The van der Waals surface area contributed by atoms with Crippen LogP contribution in [0, 0.1) is 12.7 Å². The minimum absolute atomic E-state index is 0.129. The van der Waals surface area contributed by atoms with Gasteiger partial charge >= 0.3 is 5.69 Å². The lowest BCUT2D eigenvalue weighted by molar-refractivity contribution is 0.571. The molecule has 2 aromatic rings. The summed E-state index contributed by atoms with van der Waals surface area (Å²) in [6.45, 7) is 1.79. The second-order valence-corrected chi connectivity index (χ2v) is 6.83. The van der Waals surface area contributed by atoms with Crippen molar-refractivity contribution >= 4 is 22.2 Å². The molecule has 122 valence electrons. The van der Waals surface area contributed by atoms with Gasteiger partial charge in [0.25, 0.3) is 10.0 Å². The first-order chi connectivity index (χ1) is 10.7. The fraction of sp³-hybridized carbons (Fsp3) is 0.214. The highest BCUT2D eigenvalue weighted by Gasteiger charge is 2.21. The molecule has 0 aliphatic heterocycles. The lowest BCUT2D eigenvalue weighted by atomic mass is 10.2. The van der Waals surface area contributed by atoms with Gasteiger partial charge in [-0.3, -0.25) is 0 Å². The van der Waals surface area contributed by atoms with E-state index in [-0.39, 0.29) is 8.87 Å². The summed E-state index contributed by atoms with van der Waals surface area (Å²) in [6, 6.07) is 5.84. The van der Waals surface area contributed by atoms with Crippen LogP contribution < -0.4 is 5.69 Å². The fourth-order valence-corrected chi connectivity index (χ4v) is 2.85. The van der Waals surface area contributed by atoms with Gasteiger partial charge in [0.15, 0.2) is 11.6 Å². The molecule has 7 nitrogen and oxygen atoms in total. The molecule has 1 heterocycles. The van der Waals surface area contributed by atoms with Crippen molar-refractivity contribution in [3.05, 3.63) is 52.3 Å². The summed E-state index contributed by atoms with van der Waals surface area (Å²) in [4.78, 5) is 20.4. The minimum atomic E-state index is -4.22. The molecule has 0 unspecified atom stereocenters. The summed E-state index contributed by atoms with van der Waals surface area (Å²) in [7, 11) is -0.903. The monoisotopic (exact) mass is 338 g/mol. The van der Waals surface area contributed by atoms with Crippen LogP contribution in [-0.2, 0) is 10.0 Å². The Kier molecular flexibility index (Phi) is 4.60. The van der Waals surface area contributed by atoms with Gasteiger partial charge in [0.1, 0.15) is 0 Å². The van der Waals surface area contributed by atoms with Gasteiger partial charge in [0, 0.05) is 14.1 Å². The molecule has 0 aliphatic rings. The van der Waals surface area contributed by atoms with Gasteiger partial charge < -0.3 is 4.90 Å². The van der Waals surface area contributed by atoms with Crippen LogP contribution in [0.1, 0.15) is 5.56 Å². The third-order valence-corrected chi connectivity index (χ3v) is 4.47. The van der Waals surface area contributed by atoms with Crippen LogP contribution in [0.2, 0.25) is 0 Å². The van der Waals surface area contributed by atoms with Crippen LogP contribution in [0.25, 0.3) is 0 Å². The Balaban J connectivity index is 2.54. The number of aromatic nitrogens is 2. The van der Waals surface area contributed by atoms with Gasteiger partial charge in [-0.2, -0.15) is 8.96 Å². The van der Waals surface area contributed by atoms with Crippen molar-refractivity contribution in [2.75, 3.05) is 14.1 Å². The highest BCUT2D eigenvalue weighted by atomic mass is 32.2. The molecule has 9 heteroatoms. The number of halogens is 1. The first kappa shape index (κ1) is 16.8. The Bertz CT molecular complexity index is 903. The van der Waals surface area contributed by atoms with Gasteiger partial charge in [0.05, 0.1) is 17.4 Å². The van der Waals surface area contributed by atoms with E-state index in [1.807, 2.05) is 0 Å². The van der Waals surface area contributed by atoms with Gasteiger partial charge in [-0.15, -0.1) is 0 Å². The SMILES string of the molecule is Cc1ccc(S(=O)(=O)n2cc(F)c(N=CN(C)C)nc2=O)cc1. The second-order valence-electron chi connectivity index (χ2n) is 5.02. The van der Waals surface area contributed by atoms with E-state index in [1.54, 1.807) is 33.2 Å². The van der Waals surface area contributed by atoms with Crippen LogP contribution >= 0.6 is 0 Å². The number of aryl methyl sites for hydroxylation is 1. The molecule has 0 saturated heterocycles. The van der Waals surface area contributed by atoms with Gasteiger partial charge in [-0.1, -0.05) is 17.7 Å². The molecule has 0 N–H and O–H groups in total. The molecular weight excluding hydrogens is 323 g/mol. The van der Waals surface area contributed by atoms with E-state index in [9.17, 15) is 17.6 Å². The zero-order valence-corrected chi connectivity index (χ0v) is 13.6. The lowest BCUT2D eigenvalue weighted by Crippen LogP contribution is -2.29. The number of hydrogen-bond acceptors (Lipinski definition) is 5. The zero-order chi connectivity index (χ0) is 17.2. The Morgan fingerprint density at radius 2 is 1.87 bits per heavy atom. The summed E-state index contributed by atoms with van der Waals surface area (Å²) in [5.74, 6) is -1.49. The first-order valence-corrected chi connectivity index (χ1v) is 7.98. The van der Waals surface area contributed by atoms with Crippen LogP contribution in [-0.4, -0.2) is 42.7 Å². The van der Waals surface area contributed by atoms with E-state index in [4.69, 9.17) is 0 Å². The van der Waals surface area contributed by atoms with E-state index in [2.05, 4.69) is 9.98 Å². The van der Waals surface area contributed by atoms with Crippen LogP contribution in [0.4, 0.5) is 10.2 Å². The lowest BCUT2D eigenvalue weighted by Gasteiger charge is -2.08. The van der Waals surface area contributed by atoms with Gasteiger partial charge in [-0.05, 0) is 19.1 Å². The van der Waals surface area contributed by atoms with Crippen molar-refractivity contribution in [2.45, 2.75) is 11.8 Å². The van der Waals surface area contributed by atoms with Crippen molar-refractivity contribution in [3.63, 3.8) is 0 Å². The van der Waals surface area contributed by atoms with E-state index in [0.29, 0.717) is 6.20 Å². The Morgan fingerprint density at radius 3 is 2.43 bits per heavy atom. The van der Waals surface area contributed by atoms with Crippen LogP contribution in [0.5, 0.6) is 0 Å². The molecule has 0 aliphatic carbocycles. The smallest absolute Gasteiger partial charge is 0.363 e. The van der Waals surface area contributed by atoms with E-state index >= 15 is 0 Å². The maximum absolute atomic E-state index is 14.0. The summed E-state index contributed by atoms with van der Waals surface area (Å²) in [6.07, 6.45) is 1.83. The second kappa shape index (κ2) is 6.29. The largest absolute Gasteiger partial charge is 0.369 e. The highest BCUT2D eigenvalue weighted by molar-refractivity contribution is 7.90. The predicted molar refractivity (Wildman–Crippen MR) is 84.1 cm³/mol. The topological polar surface area (TPSA) is 84.6 Å². The maximum atomic E-state index is 14.0. The third-order valence-electron chi connectivity index (χ3n) is 2.82. The summed E-state index contributed by atoms with van der Waals surface area (Å²) < 4.78 is 39.0. The Morgan fingerprint density at radius 1 is 1.26 bits per heavy atom.